The Hall–Kier alpha value is -0.590. The van der Waals surface area contributed by atoms with Crippen LogP contribution < -0.4 is 10.1 Å². The predicted molar refractivity (Wildman–Crippen MR) is 77.6 cm³/mol. The van der Waals surface area contributed by atoms with Gasteiger partial charge in [-0.1, -0.05) is 15.9 Å². The summed E-state index contributed by atoms with van der Waals surface area (Å²) in [6.07, 6.45) is 0. The number of halogens is 2. The van der Waals surface area contributed by atoms with Gasteiger partial charge < -0.3 is 14.8 Å². The summed E-state index contributed by atoms with van der Waals surface area (Å²) in [5.74, 6) is 0.479. The van der Waals surface area contributed by atoms with Gasteiger partial charge in [0.15, 0.2) is 0 Å². The topological polar surface area (TPSA) is 47.6 Å². The average Bonchev–Trinajstić information content (AvgIpc) is 2.38. The minimum atomic E-state index is -0.165. The molecular weight excluding hydrogens is 366 g/mol. The van der Waals surface area contributed by atoms with Crippen molar-refractivity contribution in [3.05, 3.63) is 28.2 Å². The highest BCUT2D eigenvalue weighted by Crippen LogP contribution is 2.22. The third-order valence-corrected chi connectivity index (χ3v) is 3.78. The van der Waals surface area contributed by atoms with Crippen molar-refractivity contribution in [1.82, 2.24) is 5.32 Å². The molecule has 100 valence electrons. The molecule has 0 aliphatic carbocycles. The van der Waals surface area contributed by atoms with Gasteiger partial charge in [0.25, 0.3) is 5.91 Å². The van der Waals surface area contributed by atoms with E-state index in [1.54, 1.807) is 32.4 Å². The van der Waals surface area contributed by atoms with Crippen LogP contribution in [0, 0.1) is 0 Å². The molecule has 4 nitrogen and oxygen atoms in total. The van der Waals surface area contributed by atoms with Gasteiger partial charge in [-0.05, 0) is 34.1 Å². The molecule has 6 heteroatoms. The first-order chi connectivity index (χ1) is 8.62. The Morgan fingerprint density at radius 1 is 1.44 bits per heavy atom. The number of alkyl halides is 1. The lowest BCUT2D eigenvalue weighted by Gasteiger charge is -2.16. The molecule has 0 saturated heterocycles. The fraction of sp³-hybridized carbons (Fsp3) is 0.417. The molecule has 18 heavy (non-hydrogen) atoms. The molecule has 1 rings (SSSR count). The minimum absolute atomic E-state index is 0.0689. The first-order valence-corrected chi connectivity index (χ1v) is 7.23. The molecule has 1 amide bonds. The van der Waals surface area contributed by atoms with Crippen molar-refractivity contribution in [3.8, 4) is 5.75 Å². The molecule has 0 bridgehead atoms. The Bertz CT molecular complexity index is 412. The van der Waals surface area contributed by atoms with Gasteiger partial charge in [0.2, 0.25) is 0 Å². The zero-order chi connectivity index (χ0) is 13.5. The monoisotopic (exact) mass is 379 g/mol. The van der Waals surface area contributed by atoms with E-state index in [0.29, 0.717) is 23.2 Å². The van der Waals surface area contributed by atoms with Crippen molar-refractivity contribution in [1.29, 1.82) is 0 Å². The van der Waals surface area contributed by atoms with Gasteiger partial charge in [0.1, 0.15) is 5.75 Å². The van der Waals surface area contributed by atoms with Crippen molar-refractivity contribution >= 4 is 37.8 Å². The standard InChI is InChI=1S/C12H15Br2NO3/c1-17-7-8(6-13)15-12(16)10-5-9(18-2)3-4-11(10)14/h3-5,8H,6-7H2,1-2H3,(H,15,16). The van der Waals surface area contributed by atoms with Crippen LogP contribution in [0.2, 0.25) is 0 Å². The fourth-order valence-corrected chi connectivity index (χ4v) is 2.17. The van der Waals surface area contributed by atoms with E-state index in [2.05, 4.69) is 37.2 Å². The third kappa shape index (κ3) is 4.26. The van der Waals surface area contributed by atoms with Crippen LogP contribution in [0.15, 0.2) is 22.7 Å². The van der Waals surface area contributed by atoms with E-state index in [1.165, 1.54) is 0 Å². The second kappa shape index (κ2) is 7.76. The fourth-order valence-electron chi connectivity index (χ4n) is 1.39. The van der Waals surface area contributed by atoms with Gasteiger partial charge in [-0.15, -0.1) is 0 Å². The second-order valence-corrected chi connectivity index (χ2v) is 5.13. The molecule has 0 heterocycles. The SMILES string of the molecule is COCC(CBr)NC(=O)c1cc(OC)ccc1Br. The van der Waals surface area contributed by atoms with Crippen molar-refractivity contribution in [3.63, 3.8) is 0 Å². The highest BCUT2D eigenvalue weighted by molar-refractivity contribution is 9.10. The molecule has 0 aliphatic rings. The van der Waals surface area contributed by atoms with Crippen molar-refractivity contribution < 1.29 is 14.3 Å². The molecule has 0 aromatic heterocycles. The van der Waals surface area contributed by atoms with E-state index < -0.39 is 0 Å². The molecular formula is C12H15Br2NO3. The Balaban J connectivity index is 2.82. The molecule has 1 N–H and O–H groups in total. The number of rotatable bonds is 6. The normalized spacial score (nSPS) is 12.0. The number of carbonyl (C=O) groups excluding carboxylic acids is 1. The zero-order valence-corrected chi connectivity index (χ0v) is 13.4. The van der Waals surface area contributed by atoms with Gasteiger partial charge >= 0.3 is 0 Å². The highest BCUT2D eigenvalue weighted by atomic mass is 79.9. The minimum Gasteiger partial charge on any atom is -0.497 e. The molecule has 1 atom stereocenters. The molecule has 0 aliphatic heterocycles. The van der Waals surface area contributed by atoms with E-state index in [1.807, 2.05) is 0 Å². The Morgan fingerprint density at radius 2 is 2.17 bits per heavy atom. The summed E-state index contributed by atoms with van der Waals surface area (Å²) < 4.78 is 10.9. The number of nitrogens with one attached hydrogen (secondary N) is 1. The number of hydrogen-bond acceptors (Lipinski definition) is 3. The van der Waals surface area contributed by atoms with E-state index in [4.69, 9.17) is 9.47 Å². The number of methoxy groups -OCH3 is 2. The maximum absolute atomic E-state index is 12.1. The molecule has 0 radical (unpaired) electrons. The van der Waals surface area contributed by atoms with Crippen molar-refractivity contribution in [2.75, 3.05) is 26.2 Å². The van der Waals surface area contributed by atoms with Crippen LogP contribution in [-0.4, -0.2) is 38.1 Å². The average molecular weight is 381 g/mol. The van der Waals surface area contributed by atoms with E-state index >= 15 is 0 Å². The Morgan fingerprint density at radius 3 is 2.72 bits per heavy atom. The molecule has 0 fully saturated rings. The summed E-state index contributed by atoms with van der Waals surface area (Å²) >= 11 is 6.69. The first kappa shape index (κ1) is 15.5. The summed E-state index contributed by atoms with van der Waals surface area (Å²) in [4.78, 5) is 12.1. The van der Waals surface area contributed by atoms with Crippen LogP contribution in [0.25, 0.3) is 0 Å². The van der Waals surface area contributed by atoms with E-state index in [0.717, 1.165) is 4.47 Å². The van der Waals surface area contributed by atoms with Crippen LogP contribution in [-0.2, 0) is 4.74 Å². The molecule has 0 spiro atoms. The summed E-state index contributed by atoms with van der Waals surface area (Å²) in [6.45, 7) is 0.457. The van der Waals surface area contributed by atoms with Crippen LogP contribution in [0.5, 0.6) is 5.75 Å². The summed E-state index contributed by atoms with van der Waals surface area (Å²) in [6, 6.07) is 5.20. The summed E-state index contributed by atoms with van der Waals surface area (Å²) in [5, 5.41) is 3.51. The lowest BCUT2D eigenvalue weighted by molar-refractivity contribution is 0.0907. The molecule has 0 saturated carbocycles. The van der Waals surface area contributed by atoms with Crippen LogP contribution in [0.1, 0.15) is 10.4 Å². The third-order valence-electron chi connectivity index (χ3n) is 2.31. The Kier molecular flexibility index (Phi) is 6.67. The number of benzene rings is 1. The zero-order valence-electron chi connectivity index (χ0n) is 10.2. The maximum atomic E-state index is 12.1. The number of hydrogen-bond donors (Lipinski definition) is 1. The van der Waals surface area contributed by atoms with Gasteiger partial charge in [0, 0.05) is 16.9 Å². The predicted octanol–water partition coefficient (Wildman–Crippen LogP) is 2.60. The lowest BCUT2D eigenvalue weighted by atomic mass is 10.2. The first-order valence-electron chi connectivity index (χ1n) is 5.31. The quantitative estimate of drug-likeness (QED) is 0.771. The van der Waals surface area contributed by atoms with Crippen LogP contribution in [0.3, 0.4) is 0 Å². The van der Waals surface area contributed by atoms with Crippen LogP contribution >= 0.6 is 31.9 Å². The smallest absolute Gasteiger partial charge is 0.252 e. The Labute approximate surface area is 123 Å². The second-order valence-electron chi connectivity index (χ2n) is 3.63. The number of amides is 1. The molecule has 1 aromatic rings. The van der Waals surface area contributed by atoms with E-state index in [9.17, 15) is 4.79 Å². The maximum Gasteiger partial charge on any atom is 0.252 e. The number of ether oxygens (including phenoxy) is 2. The molecule has 1 aromatic carbocycles. The summed E-state index contributed by atoms with van der Waals surface area (Å²) in [5.41, 5.74) is 0.538. The number of carbonyl (C=O) groups is 1. The van der Waals surface area contributed by atoms with Gasteiger partial charge in [0.05, 0.1) is 25.3 Å². The van der Waals surface area contributed by atoms with Crippen molar-refractivity contribution in [2.24, 2.45) is 0 Å². The van der Waals surface area contributed by atoms with Gasteiger partial charge in [-0.3, -0.25) is 4.79 Å². The van der Waals surface area contributed by atoms with Gasteiger partial charge in [-0.25, -0.2) is 0 Å². The summed E-state index contributed by atoms with van der Waals surface area (Å²) in [7, 11) is 3.17. The molecule has 1 unspecified atom stereocenters. The van der Waals surface area contributed by atoms with Crippen molar-refractivity contribution in [2.45, 2.75) is 6.04 Å². The lowest BCUT2D eigenvalue weighted by Crippen LogP contribution is -2.39. The van der Waals surface area contributed by atoms with Crippen LogP contribution in [0.4, 0.5) is 0 Å². The van der Waals surface area contributed by atoms with E-state index in [-0.39, 0.29) is 11.9 Å². The highest BCUT2D eigenvalue weighted by Gasteiger charge is 2.15. The largest absolute Gasteiger partial charge is 0.497 e. The van der Waals surface area contributed by atoms with Gasteiger partial charge in [-0.2, -0.15) is 0 Å².